The van der Waals surface area contributed by atoms with Gasteiger partial charge in [-0.05, 0) is 11.1 Å². The molecule has 3 rings (SSSR count). The van der Waals surface area contributed by atoms with Gasteiger partial charge in [-0.15, -0.1) is 0 Å². The predicted molar refractivity (Wildman–Crippen MR) is 85.3 cm³/mol. The van der Waals surface area contributed by atoms with Crippen molar-refractivity contribution in [2.75, 3.05) is 6.61 Å². The predicted octanol–water partition coefficient (Wildman–Crippen LogP) is 3.26. The maximum atomic E-state index is 10.0. The average Bonchev–Trinajstić information content (AvgIpc) is 2.58. The summed E-state index contributed by atoms with van der Waals surface area (Å²) in [5.41, 5.74) is 2.20. The largest absolute Gasteiger partial charge is 0.386 e. The first-order valence-electron chi connectivity index (χ1n) is 7.51. The zero-order valence-electron chi connectivity index (χ0n) is 12.3. The van der Waals surface area contributed by atoms with Gasteiger partial charge in [0.1, 0.15) is 18.3 Å². The summed E-state index contributed by atoms with van der Waals surface area (Å²) >= 11 is 0. The SMILES string of the molecule is O[C@H]1C=C[C@@H](c2ccccc2)O[C@@H]1COCc1ccccc1. The van der Waals surface area contributed by atoms with Gasteiger partial charge in [0, 0.05) is 0 Å². The van der Waals surface area contributed by atoms with Gasteiger partial charge in [-0.2, -0.15) is 0 Å². The van der Waals surface area contributed by atoms with Gasteiger partial charge in [0.15, 0.2) is 0 Å². The highest BCUT2D eigenvalue weighted by atomic mass is 16.5. The van der Waals surface area contributed by atoms with Gasteiger partial charge in [-0.25, -0.2) is 0 Å². The summed E-state index contributed by atoms with van der Waals surface area (Å²) in [5.74, 6) is 0. The third-order valence-corrected chi connectivity index (χ3v) is 3.71. The van der Waals surface area contributed by atoms with Crippen LogP contribution in [0.15, 0.2) is 72.8 Å². The molecule has 0 fully saturated rings. The molecule has 0 saturated carbocycles. The molecule has 2 aromatic carbocycles. The summed E-state index contributed by atoms with van der Waals surface area (Å²) in [6.45, 7) is 0.886. The van der Waals surface area contributed by atoms with Crippen molar-refractivity contribution in [3.63, 3.8) is 0 Å². The van der Waals surface area contributed by atoms with Crippen LogP contribution >= 0.6 is 0 Å². The Balaban J connectivity index is 1.56. The Labute approximate surface area is 130 Å². The zero-order valence-corrected chi connectivity index (χ0v) is 12.3. The minimum absolute atomic E-state index is 0.130. The van der Waals surface area contributed by atoms with Crippen molar-refractivity contribution in [3.05, 3.63) is 83.9 Å². The lowest BCUT2D eigenvalue weighted by Crippen LogP contribution is -2.36. The van der Waals surface area contributed by atoms with Gasteiger partial charge in [0.25, 0.3) is 0 Å². The van der Waals surface area contributed by atoms with Gasteiger partial charge < -0.3 is 14.6 Å². The third-order valence-electron chi connectivity index (χ3n) is 3.71. The number of aliphatic hydroxyl groups is 1. The number of ether oxygens (including phenoxy) is 2. The molecule has 0 amide bonds. The first-order valence-corrected chi connectivity index (χ1v) is 7.51. The molecule has 3 nitrogen and oxygen atoms in total. The monoisotopic (exact) mass is 296 g/mol. The lowest BCUT2D eigenvalue weighted by Gasteiger charge is -2.29. The van der Waals surface area contributed by atoms with E-state index >= 15 is 0 Å². The van der Waals surface area contributed by atoms with E-state index < -0.39 is 6.10 Å². The Kier molecular flexibility index (Phi) is 5.01. The van der Waals surface area contributed by atoms with Crippen LogP contribution in [0.4, 0.5) is 0 Å². The van der Waals surface area contributed by atoms with Crippen LogP contribution in [0.2, 0.25) is 0 Å². The summed E-state index contributed by atoms with van der Waals surface area (Å²) < 4.78 is 11.7. The minimum Gasteiger partial charge on any atom is -0.386 e. The molecule has 0 radical (unpaired) electrons. The first-order chi connectivity index (χ1) is 10.8. The molecule has 2 aromatic rings. The van der Waals surface area contributed by atoms with Crippen LogP contribution in [-0.2, 0) is 16.1 Å². The molecule has 0 saturated heterocycles. The maximum absolute atomic E-state index is 10.0. The molecule has 3 atom stereocenters. The summed E-state index contributed by atoms with van der Waals surface area (Å²) in [7, 11) is 0. The van der Waals surface area contributed by atoms with E-state index in [-0.39, 0.29) is 12.2 Å². The second-order valence-electron chi connectivity index (χ2n) is 5.38. The Morgan fingerprint density at radius 3 is 2.32 bits per heavy atom. The number of rotatable bonds is 5. The van der Waals surface area contributed by atoms with Gasteiger partial charge in [-0.3, -0.25) is 0 Å². The summed E-state index contributed by atoms with van der Waals surface area (Å²) in [6, 6.07) is 20.0. The molecule has 114 valence electrons. The first kappa shape index (κ1) is 15.0. The molecule has 3 heteroatoms. The molecule has 1 aliphatic rings. The summed E-state index contributed by atoms with van der Waals surface area (Å²) in [4.78, 5) is 0. The molecular formula is C19H20O3. The van der Waals surface area contributed by atoms with E-state index in [1.165, 1.54) is 0 Å². The van der Waals surface area contributed by atoms with Gasteiger partial charge in [0.2, 0.25) is 0 Å². The normalized spacial score (nSPS) is 24.3. The summed E-state index contributed by atoms with van der Waals surface area (Å²) in [6.07, 6.45) is 2.58. The second kappa shape index (κ2) is 7.36. The molecule has 0 unspecified atom stereocenters. The Hall–Kier alpha value is -1.94. The molecule has 1 aliphatic heterocycles. The van der Waals surface area contributed by atoms with Crippen molar-refractivity contribution in [1.29, 1.82) is 0 Å². The fourth-order valence-corrected chi connectivity index (χ4v) is 2.49. The molecule has 1 N–H and O–H groups in total. The highest BCUT2D eigenvalue weighted by molar-refractivity contribution is 5.23. The van der Waals surface area contributed by atoms with E-state index in [0.29, 0.717) is 13.2 Å². The minimum atomic E-state index is -0.629. The van der Waals surface area contributed by atoms with E-state index in [1.54, 1.807) is 6.08 Å². The Morgan fingerprint density at radius 2 is 1.59 bits per heavy atom. The maximum Gasteiger partial charge on any atom is 0.111 e. The van der Waals surface area contributed by atoms with Gasteiger partial charge >= 0.3 is 0 Å². The zero-order chi connectivity index (χ0) is 15.2. The molecule has 0 bridgehead atoms. The van der Waals surface area contributed by atoms with Crippen molar-refractivity contribution in [1.82, 2.24) is 0 Å². The number of hydrogen-bond donors (Lipinski definition) is 1. The number of benzene rings is 2. The highest BCUT2D eigenvalue weighted by Crippen LogP contribution is 2.26. The molecule has 22 heavy (non-hydrogen) atoms. The highest BCUT2D eigenvalue weighted by Gasteiger charge is 2.26. The van der Waals surface area contributed by atoms with Crippen molar-refractivity contribution in [2.45, 2.75) is 24.9 Å². The van der Waals surface area contributed by atoms with Crippen LogP contribution in [0.1, 0.15) is 17.2 Å². The standard InChI is InChI=1S/C19H20O3/c20-17-11-12-18(16-9-5-2-6-10-16)22-19(17)14-21-13-15-7-3-1-4-8-15/h1-12,17-20H,13-14H2/t17-,18-,19+/m0/s1. The molecule has 0 aromatic heterocycles. The van der Waals surface area contributed by atoms with E-state index in [4.69, 9.17) is 9.47 Å². The Bertz CT molecular complexity index is 595. The van der Waals surface area contributed by atoms with E-state index in [0.717, 1.165) is 11.1 Å². The van der Waals surface area contributed by atoms with Gasteiger partial charge in [0.05, 0.1) is 13.2 Å². The van der Waals surface area contributed by atoms with E-state index in [2.05, 4.69) is 0 Å². The molecular weight excluding hydrogens is 276 g/mol. The van der Waals surface area contributed by atoms with Crippen LogP contribution in [-0.4, -0.2) is 23.9 Å². The Morgan fingerprint density at radius 1 is 0.909 bits per heavy atom. The van der Waals surface area contributed by atoms with Gasteiger partial charge in [-0.1, -0.05) is 72.8 Å². The summed E-state index contributed by atoms with van der Waals surface area (Å²) in [5, 5.41) is 10.0. The number of hydrogen-bond acceptors (Lipinski definition) is 3. The topological polar surface area (TPSA) is 38.7 Å². The van der Waals surface area contributed by atoms with E-state index in [9.17, 15) is 5.11 Å². The fourth-order valence-electron chi connectivity index (χ4n) is 2.49. The van der Waals surface area contributed by atoms with Crippen LogP contribution in [0, 0.1) is 0 Å². The third kappa shape index (κ3) is 3.83. The van der Waals surface area contributed by atoms with E-state index in [1.807, 2.05) is 66.7 Å². The van der Waals surface area contributed by atoms with Crippen LogP contribution < -0.4 is 0 Å². The lowest BCUT2D eigenvalue weighted by atomic mass is 10.0. The lowest BCUT2D eigenvalue weighted by molar-refractivity contribution is -0.0974. The van der Waals surface area contributed by atoms with Crippen molar-refractivity contribution < 1.29 is 14.6 Å². The van der Waals surface area contributed by atoms with Crippen molar-refractivity contribution >= 4 is 0 Å². The van der Waals surface area contributed by atoms with Crippen molar-refractivity contribution in [2.24, 2.45) is 0 Å². The molecule has 0 spiro atoms. The second-order valence-corrected chi connectivity index (χ2v) is 5.38. The van der Waals surface area contributed by atoms with Crippen LogP contribution in [0.5, 0.6) is 0 Å². The quantitative estimate of drug-likeness (QED) is 0.861. The average molecular weight is 296 g/mol. The number of aliphatic hydroxyl groups excluding tert-OH is 1. The van der Waals surface area contributed by atoms with Crippen LogP contribution in [0.3, 0.4) is 0 Å². The fraction of sp³-hybridized carbons (Fsp3) is 0.263. The molecule has 1 heterocycles. The molecule has 0 aliphatic carbocycles. The van der Waals surface area contributed by atoms with Crippen molar-refractivity contribution in [3.8, 4) is 0 Å². The van der Waals surface area contributed by atoms with Crippen LogP contribution in [0.25, 0.3) is 0 Å². The smallest absolute Gasteiger partial charge is 0.111 e.